The first-order valence-corrected chi connectivity index (χ1v) is 12.5. The Morgan fingerprint density at radius 3 is 2.42 bits per heavy atom. The molecule has 1 aliphatic rings. The van der Waals surface area contributed by atoms with E-state index < -0.39 is 17.6 Å². The lowest BCUT2D eigenvalue weighted by Crippen LogP contribution is -2.37. The zero-order valence-electron chi connectivity index (χ0n) is 21.7. The van der Waals surface area contributed by atoms with E-state index in [0.29, 0.717) is 29.8 Å². The number of carbonyl (C=O) groups excluding carboxylic acids is 1. The lowest BCUT2D eigenvalue weighted by Gasteiger charge is -2.19. The lowest BCUT2D eigenvalue weighted by atomic mass is 10.1. The number of nitrogens with one attached hydrogen (secondary N) is 3. The van der Waals surface area contributed by atoms with Gasteiger partial charge < -0.3 is 15.5 Å². The fourth-order valence-corrected chi connectivity index (χ4v) is 4.69. The van der Waals surface area contributed by atoms with Crippen LogP contribution in [0.25, 0.3) is 11.0 Å². The van der Waals surface area contributed by atoms with Crippen LogP contribution in [0.1, 0.15) is 34.1 Å². The Labute approximate surface area is 232 Å². The average molecular weight is 572 g/mol. The maximum Gasteiger partial charge on any atom is 0.416 e. The standard InChI is InChI=1S/C27H25ClF3N7O2/c1-15-23-24(28)21(26(39)33-19-8-6-18(7-9-19)27(29,30)31)12-32-25(23)38(35-15)14-22-16(2)37(36-34-22)13-17-4-10-20(40-3)11-5-17/h4-12,34,36H,13-14H2,1-3H3,(H,33,39). The summed E-state index contributed by atoms with van der Waals surface area (Å²) in [6.07, 6.45) is -3.13. The number of aromatic nitrogens is 3. The number of halogens is 4. The van der Waals surface area contributed by atoms with Crippen LogP contribution in [0.3, 0.4) is 0 Å². The van der Waals surface area contributed by atoms with Gasteiger partial charge in [-0.3, -0.25) is 9.80 Å². The first-order valence-electron chi connectivity index (χ1n) is 12.2. The summed E-state index contributed by atoms with van der Waals surface area (Å²) >= 11 is 6.63. The second kappa shape index (κ2) is 10.7. The largest absolute Gasteiger partial charge is 0.497 e. The van der Waals surface area contributed by atoms with Crippen molar-refractivity contribution in [2.24, 2.45) is 0 Å². The SMILES string of the molecule is COc1ccc(CN2NNC(Cn3nc(C)c4c(Cl)c(C(=O)Nc5ccc(C(F)(F)F)cc5)cnc43)=C2C)cc1. The normalized spacial score (nSPS) is 13.6. The topological polar surface area (TPSA) is 96.3 Å². The van der Waals surface area contributed by atoms with Gasteiger partial charge in [0.15, 0.2) is 5.65 Å². The Kier molecular flexibility index (Phi) is 7.30. The number of alkyl halides is 3. The van der Waals surface area contributed by atoms with Crippen molar-refractivity contribution in [3.63, 3.8) is 0 Å². The van der Waals surface area contributed by atoms with Gasteiger partial charge in [0, 0.05) is 11.9 Å². The van der Waals surface area contributed by atoms with Gasteiger partial charge in [0.2, 0.25) is 0 Å². The Morgan fingerprint density at radius 1 is 1.07 bits per heavy atom. The number of hydrogen-bond acceptors (Lipinski definition) is 7. The third-order valence-electron chi connectivity index (χ3n) is 6.58. The molecule has 9 nitrogen and oxygen atoms in total. The summed E-state index contributed by atoms with van der Waals surface area (Å²) in [5.74, 6) is 0.192. The van der Waals surface area contributed by atoms with E-state index in [-0.39, 0.29) is 16.3 Å². The number of methoxy groups -OCH3 is 1. The number of allylic oxidation sites excluding steroid dienone is 2. The van der Waals surface area contributed by atoms with Crippen LogP contribution >= 0.6 is 11.6 Å². The van der Waals surface area contributed by atoms with Crippen molar-refractivity contribution in [3.05, 3.63) is 93.5 Å². The first kappa shape index (κ1) is 27.3. The third kappa shape index (κ3) is 5.40. The van der Waals surface area contributed by atoms with Crippen LogP contribution in [0.5, 0.6) is 5.75 Å². The molecule has 0 bridgehead atoms. The molecule has 1 aliphatic heterocycles. The van der Waals surface area contributed by atoms with Crippen molar-refractivity contribution < 1.29 is 22.7 Å². The molecule has 3 heterocycles. The minimum atomic E-state index is -4.47. The summed E-state index contributed by atoms with van der Waals surface area (Å²) < 4.78 is 45.4. The van der Waals surface area contributed by atoms with Crippen LogP contribution in [0.15, 0.2) is 66.1 Å². The molecule has 2 aromatic heterocycles. The molecule has 208 valence electrons. The Hall–Kier alpha value is -4.29. The molecule has 1 amide bonds. The van der Waals surface area contributed by atoms with Crippen molar-refractivity contribution in [2.45, 2.75) is 33.1 Å². The zero-order chi connectivity index (χ0) is 28.6. The lowest BCUT2D eigenvalue weighted by molar-refractivity contribution is -0.137. The molecule has 4 aromatic rings. The van der Waals surface area contributed by atoms with E-state index in [1.807, 2.05) is 36.2 Å². The molecule has 0 fully saturated rings. The summed E-state index contributed by atoms with van der Waals surface area (Å²) in [6.45, 7) is 4.73. The molecule has 13 heteroatoms. The molecule has 3 N–H and O–H groups in total. The van der Waals surface area contributed by atoms with Crippen LogP contribution in [0, 0.1) is 6.92 Å². The van der Waals surface area contributed by atoms with Gasteiger partial charge in [0.25, 0.3) is 5.91 Å². The molecule has 5 rings (SSSR count). The van der Waals surface area contributed by atoms with E-state index in [0.717, 1.165) is 34.8 Å². The third-order valence-corrected chi connectivity index (χ3v) is 6.97. The van der Waals surface area contributed by atoms with Crippen LogP contribution in [-0.4, -0.2) is 32.8 Å². The maximum absolute atomic E-state index is 12.9. The monoisotopic (exact) mass is 571 g/mol. The summed E-state index contributed by atoms with van der Waals surface area (Å²) in [4.78, 5) is 17.4. The van der Waals surface area contributed by atoms with E-state index >= 15 is 0 Å². The van der Waals surface area contributed by atoms with Gasteiger partial charge in [-0.2, -0.15) is 18.3 Å². The number of rotatable bonds is 7. The Morgan fingerprint density at radius 2 is 1.77 bits per heavy atom. The number of hydrogen-bond donors (Lipinski definition) is 3. The molecule has 0 spiro atoms. The van der Waals surface area contributed by atoms with Gasteiger partial charge in [-0.15, -0.1) is 5.53 Å². The van der Waals surface area contributed by atoms with Gasteiger partial charge in [0.1, 0.15) is 5.75 Å². The second-order valence-corrected chi connectivity index (χ2v) is 9.57. The predicted molar refractivity (Wildman–Crippen MR) is 144 cm³/mol. The van der Waals surface area contributed by atoms with Crippen LogP contribution < -0.4 is 21.0 Å². The number of aryl methyl sites for hydroxylation is 1. The molecule has 0 saturated carbocycles. The average Bonchev–Trinajstić information content (AvgIpc) is 3.43. The number of carbonyl (C=O) groups is 1. The van der Waals surface area contributed by atoms with Gasteiger partial charge in [-0.25, -0.2) is 9.67 Å². The number of ether oxygens (including phenoxy) is 1. The highest BCUT2D eigenvalue weighted by atomic mass is 35.5. The summed E-state index contributed by atoms with van der Waals surface area (Å²) in [7, 11) is 1.63. The van der Waals surface area contributed by atoms with Crippen molar-refractivity contribution in [1.29, 1.82) is 0 Å². The predicted octanol–water partition coefficient (Wildman–Crippen LogP) is 5.43. The first-order chi connectivity index (χ1) is 19.0. The Bertz CT molecular complexity index is 1600. The molecule has 40 heavy (non-hydrogen) atoms. The summed E-state index contributed by atoms with van der Waals surface area (Å²) in [5.41, 5.74) is 9.81. The van der Waals surface area contributed by atoms with E-state index in [1.54, 1.807) is 18.7 Å². The van der Waals surface area contributed by atoms with Gasteiger partial charge in [-0.1, -0.05) is 23.7 Å². The van der Waals surface area contributed by atoms with Gasteiger partial charge in [-0.05, 0) is 55.8 Å². The molecule has 0 aliphatic carbocycles. The van der Waals surface area contributed by atoms with Crippen molar-refractivity contribution >= 4 is 34.2 Å². The zero-order valence-corrected chi connectivity index (χ0v) is 22.5. The molecular formula is C27H25ClF3N7O2. The number of benzene rings is 2. The van der Waals surface area contributed by atoms with Crippen molar-refractivity contribution in [1.82, 2.24) is 30.7 Å². The summed E-state index contributed by atoms with van der Waals surface area (Å²) in [5, 5.41) is 9.80. The van der Waals surface area contributed by atoms with Crippen LogP contribution in [-0.2, 0) is 19.3 Å². The molecule has 0 atom stereocenters. The Balaban J connectivity index is 1.34. The number of anilines is 1. The number of hydrazine groups is 2. The molecular weight excluding hydrogens is 547 g/mol. The maximum atomic E-state index is 12.9. The molecule has 2 aromatic carbocycles. The molecule has 0 saturated heterocycles. The highest BCUT2D eigenvalue weighted by molar-refractivity contribution is 6.39. The minimum Gasteiger partial charge on any atom is -0.497 e. The van der Waals surface area contributed by atoms with E-state index in [1.165, 1.54) is 18.3 Å². The van der Waals surface area contributed by atoms with Crippen LogP contribution in [0.2, 0.25) is 5.02 Å². The fraction of sp³-hybridized carbons (Fsp3) is 0.222. The molecule has 0 radical (unpaired) electrons. The minimum absolute atomic E-state index is 0.0819. The fourth-order valence-electron chi connectivity index (χ4n) is 4.33. The highest BCUT2D eigenvalue weighted by Crippen LogP contribution is 2.32. The van der Waals surface area contributed by atoms with Crippen molar-refractivity contribution in [2.75, 3.05) is 12.4 Å². The van der Waals surface area contributed by atoms with Gasteiger partial charge in [0.05, 0.1) is 58.8 Å². The van der Waals surface area contributed by atoms with Crippen LogP contribution in [0.4, 0.5) is 18.9 Å². The highest BCUT2D eigenvalue weighted by Gasteiger charge is 2.30. The van der Waals surface area contributed by atoms with E-state index in [9.17, 15) is 18.0 Å². The van der Waals surface area contributed by atoms with E-state index in [2.05, 4.69) is 26.4 Å². The summed E-state index contributed by atoms with van der Waals surface area (Å²) in [6, 6.07) is 12.0. The second-order valence-electron chi connectivity index (χ2n) is 9.19. The number of pyridine rings is 1. The van der Waals surface area contributed by atoms with Crippen molar-refractivity contribution in [3.8, 4) is 5.75 Å². The smallest absolute Gasteiger partial charge is 0.416 e. The van der Waals surface area contributed by atoms with Gasteiger partial charge >= 0.3 is 6.18 Å². The quantitative estimate of drug-likeness (QED) is 0.272. The molecule has 0 unspecified atom stereocenters. The number of amides is 1. The van der Waals surface area contributed by atoms with E-state index in [4.69, 9.17) is 16.3 Å². The number of nitrogens with zero attached hydrogens (tertiary/aromatic N) is 4. The number of fused-ring (bicyclic) bond motifs is 1.